The molecule has 1 aliphatic carbocycles. The van der Waals surface area contributed by atoms with E-state index in [9.17, 15) is 13.6 Å². The average molecular weight is 282 g/mol. The van der Waals surface area contributed by atoms with Gasteiger partial charge in [-0.1, -0.05) is 12.1 Å². The number of nitrogens with two attached hydrogens (primary N) is 1. The Bertz CT molecular complexity index is 479. The first-order valence-electron chi connectivity index (χ1n) is 6.92. The summed E-state index contributed by atoms with van der Waals surface area (Å²) < 4.78 is 26.1. The number of carbonyl (C=O) groups is 1. The summed E-state index contributed by atoms with van der Waals surface area (Å²) in [6.45, 7) is 1.87. The van der Waals surface area contributed by atoms with Gasteiger partial charge in [0, 0.05) is 30.5 Å². The minimum absolute atomic E-state index is 0.111. The van der Waals surface area contributed by atoms with Crippen LogP contribution in [-0.2, 0) is 4.79 Å². The number of nitrogens with one attached hydrogen (secondary N) is 1. The van der Waals surface area contributed by atoms with Crippen LogP contribution in [0.3, 0.4) is 0 Å². The normalized spacial score (nSPS) is 20.4. The highest BCUT2D eigenvalue weighted by atomic mass is 19.3. The van der Waals surface area contributed by atoms with Crippen LogP contribution in [0.25, 0.3) is 0 Å². The summed E-state index contributed by atoms with van der Waals surface area (Å²) in [5, 5.41) is 2.79. The van der Waals surface area contributed by atoms with Crippen LogP contribution in [0.4, 0.5) is 14.5 Å². The zero-order valence-electron chi connectivity index (χ0n) is 11.5. The highest BCUT2D eigenvalue weighted by Crippen LogP contribution is 2.36. The van der Waals surface area contributed by atoms with Crippen molar-refractivity contribution in [1.82, 2.24) is 0 Å². The van der Waals surface area contributed by atoms with Crippen molar-refractivity contribution in [3.8, 4) is 0 Å². The van der Waals surface area contributed by atoms with Crippen LogP contribution >= 0.6 is 0 Å². The van der Waals surface area contributed by atoms with E-state index < -0.39 is 5.92 Å². The van der Waals surface area contributed by atoms with Crippen LogP contribution < -0.4 is 11.1 Å². The molecule has 2 rings (SSSR count). The van der Waals surface area contributed by atoms with Crippen molar-refractivity contribution < 1.29 is 13.6 Å². The van der Waals surface area contributed by atoms with Crippen LogP contribution in [0.1, 0.15) is 44.2 Å². The molecule has 0 heterocycles. The summed E-state index contributed by atoms with van der Waals surface area (Å²) in [5.74, 6) is -3.11. The maximum Gasteiger partial charge on any atom is 0.248 e. The minimum atomic E-state index is -2.61. The predicted molar refractivity (Wildman–Crippen MR) is 74.6 cm³/mol. The Labute approximate surface area is 117 Å². The van der Waals surface area contributed by atoms with Gasteiger partial charge >= 0.3 is 0 Å². The fraction of sp³-hybridized carbons (Fsp3) is 0.533. The molecule has 1 aromatic carbocycles. The first-order valence-corrected chi connectivity index (χ1v) is 6.92. The second kappa shape index (κ2) is 5.87. The van der Waals surface area contributed by atoms with Crippen LogP contribution in [0.2, 0.25) is 0 Å². The average Bonchev–Trinajstić information content (AvgIpc) is 2.38. The van der Waals surface area contributed by atoms with Gasteiger partial charge < -0.3 is 11.1 Å². The van der Waals surface area contributed by atoms with E-state index in [1.54, 1.807) is 6.07 Å². The standard InChI is InChI=1S/C15H20F2N2O/c1-10(18)12-3-2-4-13(9-12)19-14(20)11-5-7-15(16,17)8-6-11/h2-4,9-11H,5-8,18H2,1H3,(H,19,20). The van der Waals surface area contributed by atoms with E-state index in [1.165, 1.54) is 0 Å². The van der Waals surface area contributed by atoms with Crippen LogP contribution in [0.15, 0.2) is 24.3 Å². The van der Waals surface area contributed by atoms with Crippen molar-refractivity contribution in [2.45, 2.75) is 44.6 Å². The van der Waals surface area contributed by atoms with Crippen molar-refractivity contribution in [2.24, 2.45) is 11.7 Å². The highest BCUT2D eigenvalue weighted by molar-refractivity contribution is 5.92. The predicted octanol–water partition coefficient (Wildman–Crippen LogP) is 3.47. The van der Waals surface area contributed by atoms with Crippen molar-refractivity contribution in [2.75, 3.05) is 5.32 Å². The molecule has 1 aliphatic rings. The minimum Gasteiger partial charge on any atom is -0.326 e. The number of hydrogen-bond acceptors (Lipinski definition) is 2. The molecule has 0 spiro atoms. The fourth-order valence-corrected chi connectivity index (χ4v) is 2.45. The molecule has 20 heavy (non-hydrogen) atoms. The van der Waals surface area contributed by atoms with Crippen molar-refractivity contribution in [3.05, 3.63) is 29.8 Å². The Morgan fingerprint density at radius 2 is 2.05 bits per heavy atom. The Balaban J connectivity index is 1.96. The van der Waals surface area contributed by atoms with E-state index in [0.29, 0.717) is 5.69 Å². The molecule has 0 radical (unpaired) electrons. The Hall–Kier alpha value is -1.49. The number of amides is 1. The molecule has 0 saturated heterocycles. The van der Waals surface area contributed by atoms with Gasteiger partial charge in [-0.2, -0.15) is 0 Å². The zero-order chi connectivity index (χ0) is 14.8. The van der Waals surface area contributed by atoms with E-state index in [2.05, 4.69) is 5.32 Å². The summed E-state index contributed by atoms with van der Waals surface area (Å²) >= 11 is 0. The van der Waals surface area contributed by atoms with Gasteiger partial charge in [-0.25, -0.2) is 8.78 Å². The van der Waals surface area contributed by atoms with E-state index >= 15 is 0 Å². The number of rotatable bonds is 3. The molecule has 1 fully saturated rings. The van der Waals surface area contributed by atoms with E-state index in [4.69, 9.17) is 5.73 Å². The lowest BCUT2D eigenvalue weighted by Crippen LogP contribution is -2.31. The molecule has 5 heteroatoms. The van der Waals surface area contributed by atoms with Gasteiger partial charge in [0.05, 0.1) is 0 Å². The summed E-state index contributed by atoms with van der Waals surface area (Å²) in [7, 11) is 0. The molecule has 1 aromatic rings. The van der Waals surface area contributed by atoms with Crippen molar-refractivity contribution in [1.29, 1.82) is 0 Å². The maximum absolute atomic E-state index is 13.1. The third-order valence-corrected chi connectivity index (χ3v) is 3.77. The van der Waals surface area contributed by atoms with E-state index in [0.717, 1.165) is 5.56 Å². The monoisotopic (exact) mass is 282 g/mol. The maximum atomic E-state index is 13.1. The molecule has 3 nitrogen and oxygen atoms in total. The smallest absolute Gasteiger partial charge is 0.248 e. The van der Waals surface area contributed by atoms with Crippen LogP contribution in [-0.4, -0.2) is 11.8 Å². The van der Waals surface area contributed by atoms with E-state index in [1.807, 2.05) is 25.1 Å². The highest BCUT2D eigenvalue weighted by Gasteiger charge is 2.37. The Kier molecular flexibility index (Phi) is 4.38. The molecular formula is C15H20F2N2O. The number of anilines is 1. The third-order valence-electron chi connectivity index (χ3n) is 3.77. The van der Waals surface area contributed by atoms with E-state index in [-0.39, 0.29) is 43.6 Å². The SMILES string of the molecule is CC(N)c1cccc(NC(=O)C2CCC(F)(F)CC2)c1. The Morgan fingerprint density at radius 3 is 2.65 bits per heavy atom. The molecule has 1 unspecified atom stereocenters. The van der Waals surface area contributed by atoms with Gasteiger partial charge in [0.2, 0.25) is 11.8 Å². The van der Waals surface area contributed by atoms with Gasteiger partial charge in [0.15, 0.2) is 0 Å². The summed E-state index contributed by atoms with van der Waals surface area (Å²) in [6.07, 6.45) is 0.0769. The van der Waals surface area contributed by atoms with Gasteiger partial charge in [-0.15, -0.1) is 0 Å². The lowest BCUT2D eigenvalue weighted by Gasteiger charge is -2.27. The fourth-order valence-electron chi connectivity index (χ4n) is 2.45. The number of carbonyl (C=O) groups excluding carboxylic acids is 1. The molecule has 110 valence electrons. The number of alkyl halides is 2. The van der Waals surface area contributed by atoms with Crippen LogP contribution in [0.5, 0.6) is 0 Å². The lowest BCUT2D eigenvalue weighted by atomic mass is 9.86. The molecule has 1 atom stereocenters. The molecule has 3 N–H and O–H groups in total. The first-order chi connectivity index (χ1) is 9.37. The molecule has 1 saturated carbocycles. The summed E-state index contributed by atoms with van der Waals surface area (Å²) in [4.78, 5) is 12.1. The first kappa shape index (κ1) is 14.9. The lowest BCUT2D eigenvalue weighted by molar-refractivity contribution is -0.124. The number of halogens is 2. The van der Waals surface area contributed by atoms with Gasteiger partial charge in [-0.3, -0.25) is 4.79 Å². The largest absolute Gasteiger partial charge is 0.326 e. The van der Waals surface area contributed by atoms with Crippen LogP contribution in [0, 0.1) is 5.92 Å². The topological polar surface area (TPSA) is 55.1 Å². The van der Waals surface area contributed by atoms with Gasteiger partial charge in [0.1, 0.15) is 0 Å². The van der Waals surface area contributed by atoms with Gasteiger partial charge in [0.25, 0.3) is 0 Å². The molecule has 1 amide bonds. The second-order valence-corrected chi connectivity index (χ2v) is 5.53. The zero-order valence-corrected chi connectivity index (χ0v) is 11.5. The number of hydrogen-bond donors (Lipinski definition) is 2. The summed E-state index contributed by atoms with van der Waals surface area (Å²) in [6, 6.07) is 7.20. The molecular weight excluding hydrogens is 262 g/mol. The molecule has 0 aromatic heterocycles. The second-order valence-electron chi connectivity index (χ2n) is 5.53. The van der Waals surface area contributed by atoms with Gasteiger partial charge in [-0.05, 0) is 37.5 Å². The molecule has 0 bridgehead atoms. The quantitative estimate of drug-likeness (QED) is 0.892. The summed E-state index contributed by atoms with van der Waals surface area (Å²) in [5.41, 5.74) is 7.39. The number of benzene rings is 1. The van der Waals surface area contributed by atoms with Crippen molar-refractivity contribution in [3.63, 3.8) is 0 Å². The van der Waals surface area contributed by atoms with Crippen molar-refractivity contribution >= 4 is 11.6 Å². The third kappa shape index (κ3) is 3.76. The Morgan fingerprint density at radius 1 is 1.40 bits per heavy atom. The molecule has 0 aliphatic heterocycles.